The van der Waals surface area contributed by atoms with Gasteiger partial charge in [-0.1, -0.05) is 13.0 Å². The number of alkyl halides is 3. The van der Waals surface area contributed by atoms with Gasteiger partial charge in [0.15, 0.2) is 17.2 Å². The highest BCUT2D eigenvalue weighted by Gasteiger charge is 2.66. The lowest BCUT2D eigenvalue weighted by Crippen LogP contribution is -2.47. The van der Waals surface area contributed by atoms with Gasteiger partial charge in [0.25, 0.3) is 11.5 Å². The van der Waals surface area contributed by atoms with Crippen LogP contribution in [-0.4, -0.2) is 45.7 Å². The number of ether oxygens (including phenoxy) is 2. The third-order valence-corrected chi connectivity index (χ3v) is 7.09. The number of amides is 1. The number of aromatic nitrogens is 1. The molecular weight excluding hydrogens is 491 g/mol. The van der Waals surface area contributed by atoms with Crippen molar-refractivity contribution in [2.75, 3.05) is 5.32 Å². The quantitative estimate of drug-likeness (QED) is 0.593. The first-order valence-corrected chi connectivity index (χ1v) is 11.3. The molecule has 2 N–H and O–H groups in total. The molecule has 2 aromatic rings. The number of hydrogen-bond acceptors (Lipinski definition) is 5. The fraction of sp³-hybridized carbons (Fsp3) is 0.500. The van der Waals surface area contributed by atoms with E-state index in [-0.39, 0.29) is 24.1 Å². The molecular formula is C24H25F5N2O5. The molecule has 0 unspecified atom stereocenters. The summed E-state index contributed by atoms with van der Waals surface area (Å²) in [5.74, 6) is -7.12. The van der Waals surface area contributed by atoms with Gasteiger partial charge in [-0.25, -0.2) is 4.39 Å². The van der Waals surface area contributed by atoms with Crippen LogP contribution in [0.25, 0.3) is 0 Å². The minimum absolute atomic E-state index is 0.0314. The summed E-state index contributed by atoms with van der Waals surface area (Å²) in [6.07, 6.45) is -6.40. The Bertz CT molecular complexity index is 1230. The van der Waals surface area contributed by atoms with E-state index in [4.69, 9.17) is 9.47 Å². The van der Waals surface area contributed by atoms with Gasteiger partial charge >= 0.3 is 6.18 Å². The number of nitrogens with zero attached hydrogens (tertiary/aromatic N) is 1. The molecule has 0 bridgehead atoms. The molecule has 2 aliphatic rings. The zero-order valence-electron chi connectivity index (χ0n) is 19.6. The van der Waals surface area contributed by atoms with E-state index in [1.165, 1.54) is 30.8 Å². The number of rotatable bonds is 5. The van der Waals surface area contributed by atoms with Gasteiger partial charge in [-0.3, -0.25) is 9.59 Å². The summed E-state index contributed by atoms with van der Waals surface area (Å²) in [7, 11) is 1.48. The first kappa shape index (κ1) is 26.1. The Balaban J connectivity index is 1.76. The number of hydrogen-bond donors (Lipinski definition) is 2. The van der Waals surface area contributed by atoms with Crippen LogP contribution < -0.4 is 15.6 Å². The molecule has 1 aliphatic heterocycles. The van der Waals surface area contributed by atoms with Crippen LogP contribution in [0.15, 0.2) is 35.3 Å². The Hall–Kier alpha value is -2.99. The Morgan fingerprint density at radius 1 is 1.25 bits per heavy atom. The molecule has 1 aromatic carbocycles. The normalized spacial score (nSPS) is 30.1. The highest BCUT2D eigenvalue weighted by molar-refractivity contribution is 5.95. The van der Waals surface area contributed by atoms with E-state index in [0.717, 1.165) is 25.1 Å². The van der Waals surface area contributed by atoms with Crippen molar-refractivity contribution >= 4 is 11.6 Å². The van der Waals surface area contributed by atoms with Crippen molar-refractivity contribution in [1.82, 2.24) is 4.57 Å². The third kappa shape index (κ3) is 4.47. The Kier molecular flexibility index (Phi) is 6.63. The molecule has 1 aliphatic carbocycles. The van der Waals surface area contributed by atoms with E-state index in [2.05, 4.69) is 5.32 Å². The van der Waals surface area contributed by atoms with Crippen LogP contribution >= 0.6 is 0 Å². The largest absolute Gasteiger partial charge is 0.487 e. The molecule has 12 heteroatoms. The zero-order chi connectivity index (χ0) is 26.6. The molecule has 36 heavy (non-hydrogen) atoms. The summed E-state index contributed by atoms with van der Waals surface area (Å²) in [5.41, 5.74) is -3.41. The first-order chi connectivity index (χ1) is 16.7. The average molecular weight is 516 g/mol. The molecule has 2 heterocycles. The topological polar surface area (TPSA) is 89.8 Å². The maximum Gasteiger partial charge on any atom is 0.417 e. The summed E-state index contributed by atoms with van der Waals surface area (Å²) in [6, 6.07) is 4.29. The second-order valence-corrected chi connectivity index (χ2v) is 9.46. The van der Waals surface area contributed by atoms with E-state index in [0.29, 0.717) is 0 Å². The average Bonchev–Trinajstić information content (AvgIpc) is 3.05. The van der Waals surface area contributed by atoms with Crippen LogP contribution in [0.2, 0.25) is 0 Å². The van der Waals surface area contributed by atoms with Crippen molar-refractivity contribution in [1.29, 1.82) is 0 Å². The fourth-order valence-electron chi connectivity index (χ4n) is 4.59. The van der Waals surface area contributed by atoms with Gasteiger partial charge in [-0.15, -0.1) is 0 Å². The number of halogens is 5. The summed E-state index contributed by atoms with van der Waals surface area (Å²) in [6.45, 7) is 2.00. The molecule has 7 nitrogen and oxygen atoms in total. The number of carbonyl (C=O) groups excluding carboxylic acids is 1. The van der Waals surface area contributed by atoms with Gasteiger partial charge in [0, 0.05) is 55.2 Å². The van der Waals surface area contributed by atoms with E-state index in [1.54, 1.807) is 0 Å². The molecule has 1 amide bonds. The maximum atomic E-state index is 14.9. The molecule has 1 saturated heterocycles. The van der Waals surface area contributed by atoms with Crippen molar-refractivity contribution < 1.29 is 41.3 Å². The molecule has 1 saturated carbocycles. The van der Waals surface area contributed by atoms with Crippen LogP contribution in [0.5, 0.6) is 5.75 Å². The van der Waals surface area contributed by atoms with Crippen LogP contribution in [0.4, 0.5) is 27.6 Å². The zero-order valence-corrected chi connectivity index (χ0v) is 19.6. The standard InChI is InChI=1S/C24H25F5N2O5/c1-11-18(15-4-5-16(25)19(26)20(15)35-14-9-13(32)10-14)21(36-23(11,2)24(27,28)29)22(34)30-12-6-7-31(3)17(33)8-12/h4-8,11,13-14,18,21,32H,9-10H2,1-3H3,(H,30,34)/t11-,13-,14+,18-,21+,23+/m0/s1. The second kappa shape index (κ2) is 9.15. The van der Waals surface area contributed by atoms with Crippen molar-refractivity contribution in [3.05, 3.63) is 58.0 Å². The van der Waals surface area contributed by atoms with Crippen molar-refractivity contribution in [3.63, 3.8) is 0 Å². The SMILES string of the molecule is C[C@H]1[C@@H](c2ccc(F)c(F)c2O[C@H]2C[C@@H](O)C2)[C@H](C(=O)Nc2ccn(C)c(=O)c2)O[C@@]1(C)C(F)(F)F. The van der Waals surface area contributed by atoms with Crippen molar-refractivity contribution in [2.45, 2.75) is 62.7 Å². The van der Waals surface area contributed by atoms with Crippen LogP contribution in [0.1, 0.15) is 38.2 Å². The maximum absolute atomic E-state index is 14.9. The minimum Gasteiger partial charge on any atom is -0.487 e. The molecule has 2 fully saturated rings. The molecule has 1 aromatic heterocycles. The monoisotopic (exact) mass is 516 g/mol. The van der Waals surface area contributed by atoms with Gasteiger partial charge in [-0.05, 0) is 19.1 Å². The number of aliphatic hydroxyl groups excluding tert-OH is 1. The number of anilines is 1. The van der Waals surface area contributed by atoms with Gasteiger partial charge in [0.2, 0.25) is 5.82 Å². The first-order valence-electron chi connectivity index (χ1n) is 11.3. The lowest BCUT2D eigenvalue weighted by Gasteiger charge is -2.34. The van der Waals surface area contributed by atoms with Crippen molar-refractivity contribution in [3.8, 4) is 5.75 Å². The van der Waals surface area contributed by atoms with Crippen molar-refractivity contribution in [2.24, 2.45) is 13.0 Å². The van der Waals surface area contributed by atoms with Crippen LogP contribution in [0, 0.1) is 17.6 Å². The Labute approximate surface area is 202 Å². The third-order valence-electron chi connectivity index (χ3n) is 7.09. The summed E-state index contributed by atoms with van der Waals surface area (Å²) >= 11 is 0. The number of pyridine rings is 1. The lowest BCUT2D eigenvalue weighted by atomic mass is 9.76. The van der Waals surface area contributed by atoms with Crippen LogP contribution in [-0.2, 0) is 16.6 Å². The molecule has 196 valence electrons. The number of carbonyl (C=O) groups is 1. The Morgan fingerprint density at radius 3 is 2.50 bits per heavy atom. The fourth-order valence-corrected chi connectivity index (χ4v) is 4.59. The number of benzene rings is 1. The number of aliphatic hydroxyl groups is 1. The predicted molar refractivity (Wildman–Crippen MR) is 118 cm³/mol. The minimum atomic E-state index is -4.90. The molecule has 0 spiro atoms. The summed E-state index contributed by atoms with van der Waals surface area (Å²) in [5, 5.41) is 11.9. The molecule has 0 radical (unpaired) electrons. The highest BCUT2D eigenvalue weighted by atomic mass is 19.4. The van der Waals surface area contributed by atoms with E-state index in [9.17, 15) is 36.6 Å². The summed E-state index contributed by atoms with van der Waals surface area (Å²) in [4.78, 5) is 25.1. The molecule has 4 atom stereocenters. The summed E-state index contributed by atoms with van der Waals surface area (Å²) < 4.78 is 83.5. The van der Waals surface area contributed by atoms with Gasteiger partial charge < -0.3 is 24.5 Å². The number of nitrogens with one attached hydrogen (secondary N) is 1. The Morgan fingerprint density at radius 2 is 1.92 bits per heavy atom. The van der Waals surface area contributed by atoms with Gasteiger partial charge in [-0.2, -0.15) is 17.6 Å². The van der Waals surface area contributed by atoms with Gasteiger partial charge in [0.05, 0.1) is 6.10 Å². The van der Waals surface area contributed by atoms with E-state index < -0.39 is 70.8 Å². The van der Waals surface area contributed by atoms with E-state index in [1.807, 2.05) is 0 Å². The predicted octanol–water partition coefficient (Wildman–Crippen LogP) is 3.64. The second-order valence-electron chi connectivity index (χ2n) is 9.46. The van der Waals surface area contributed by atoms with Crippen LogP contribution in [0.3, 0.4) is 0 Å². The van der Waals surface area contributed by atoms with Gasteiger partial charge in [0.1, 0.15) is 12.2 Å². The lowest BCUT2D eigenvalue weighted by molar-refractivity contribution is -0.272. The highest BCUT2D eigenvalue weighted by Crippen LogP contribution is 2.55. The van der Waals surface area contributed by atoms with E-state index >= 15 is 0 Å². The number of aryl methyl sites for hydroxylation is 1. The smallest absolute Gasteiger partial charge is 0.417 e. The molecule has 4 rings (SSSR count).